The predicted octanol–water partition coefficient (Wildman–Crippen LogP) is 3.43. The monoisotopic (exact) mass is 269 g/mol. The van der Waals surface area contributed by atoms with Crippen molar-refractivity contribution in [2.45, 2.75) is 25.9 Å². The number of hydrogen-bond donors (Lipinski definition) is 1. The van der Waals surface area contributed by atoms with Crippen molar-refractivity contribution in [1.29, 1.82) is 0 Å². The molecule has 0 fully saturated rings. The van der Waals surface area contributed by atoms with Crippen molar-refractivity contribution in [1.82, 2.24) is 9.78 Å². The Hall–Kier alpha value is -1.98. The largest absolute Gasteiger partial charge is 0.416 e. The molecule has 0 unspecified atom stereocenters. The highest BCUT2D eigenvalue weighted by molar-refractivity contribution is 5.44. The first-order valence-electron chi connectivity index (χ1n) is 5.94. The molecule has 0 amide bonds. The molecule has 2 N–H and O–H groups in total. The first-order chi connectivity index (χ1) is 8.91. The maximum absolute atomic E-state index is 12.5. The van der Waals surface area contributed by atoms with E-state index in [1.54, 1.807) is 6.07 Å². The smallest absolute Gasteiger partial charge is 0.384 e. The summed E-state index contributed by atoms with van der Waals surface area (Å²) in [6.07, 6.45) is -2.61. The maximum atomic E-state index is 12.5. The van der Waals surface area contributed by atoms with Gasteiger partial charge in [0.1, 0.15) is 5.82 Å². The van der Waals surface area contributed by atoms with Gasteiger partial charge >= 0.3 is 6.18 Å². The highest BCUT2D eigenvalue weighted by Crippen LogP contribution is 2.29. The molecule has 2 aromatic rings. The summed E-state index contributed by atoms with van der Waals surface area (Å²) in [5.74, 6) is 0.420. The second-order valence-electron chi connectivity index (χ2n) is 4.27. The molecule has 0 aliphatic carbocycles. The van der Waals surface area contributed by atoms with Gasteiger partial charge in [-0.1, -0.05) is 13.3 Å². The third-order valence-corrected chi connectivity index (χ3v) is 2.73. The number of alkyl halides is 3. The lowest BCUT2D eigenvalue weighted by Crippen LogP contribution is -2.06. The molecular formula is C13H14F3N3. The molecule has 0 bridgehead atoms. The van der Waals surface area contributed by atoms with Crippen molar-refractivity contribution >= 4 is 5.82 Å². The lowest BCUT2D eigenvalue weighted by molar-refractivity contribution is -0.137. The Kier molecular flexibility index (Phi) is 3.50. The normalized spacial score (nSPS) is 11.8. The zero-order valence-electron chi connectivity index (χ0n) is 10.4. The van der Waals surface area contributed by atoms with Crippen molar-refractivity contribution in [2.24, 2.45) is 0 Å². The molecule has 102 valence electrons. The minimum absolute atomic E-state index is 0.420. The third-order valence-electron chi connectivity index (χ3n) is 2.73. The summed E-state index contributed by atoms with van der Waals surface area (Å²) in [6, 6.07) is 6.51. The molecule has 0 spiro atoms. The number of nitrogen functional groups attached to an aromatic ring is 1. The summed E-state index contributed by atoms with van der Waals surface area (Å²) >= 11 is 0. The Bertz CT molecular complexity index is 556. The van der Waals surface area contributed by atoms with Gasteiger partial charge in [-0.2, -0.15) is 18.3 Å². The summed E-state index contributed by atoms with van der Waals surface area (Å²) < 4.78 is 38.8. The van der Waals surface area contributed by atoms with E-state index in [0.717, 1.165) is 30.7 Å². The molecule has 0 saturated heterocycles. The van der Waals surface area contributed by atoms with Gasteiger partial charge < -0.3 is 5.73 Å². The zero-order valence-corrected chi connectivity index (χ0v) is 10.4. The number of nitrogens with two attached hydrogens (primary N) is 1. The molecule has 0 aliphatic heterocycles. The summed E-state index contributed by atoms with van der Waals surface area (Å²) in [6.45, 7) is 2.02. The van der Waals surface area contributed by atoms with E-state index < -0.39 is 11.7 Å². The Morgan fingerprint density at radius 1 is 1.21 bits per heavy atom. The highest BCUT2D eigenvalue weighted by Gasteiger charge is 2.30. The summed E-state index contributed by atoms with van der Waals surface area (Å²) in [4.78, 5) is 0. The summed E-state index contributed by atoms with van der Waals surface area (Å²) in [5, 5.41) is 4.27. The van der Waals surface area contributed by atoms with Crippen LogP contribution >= 0.6 is 0 Å². The van der Waals surface area contributed by atoms with Crippen molar-refractivity contribution in [2.75, 3.05) is 5.73 Å². The van der Waals surface area contributed by atoms with Crippen LogP contribution in [0.25, 0.3) is 5.69 Å². The highest BCUT2D eigenvalue weighted by atomic mass is 19.4. The Labute approximate surface area is 108 Å². The van der Waals surface area contributed by atoms with Gasteiger partial charge in [0.25, 0.3) is 0 Å². The molecule has 1 heterocycles. The second-order valence-corrected chi connectivity index (χ2v) is 4.27. The number of benzene rings is 1. The van der Waals surface area contributed by atoms with Crippen LogP contribution in [0.2, 0.25) is 0 Å². The fraction of sp³-hybridized carbons (Fsp3) is 0.308. The van der Waals surface area contributed by atoms with Gasteiger partial charge in [-0.25, -0.2) is 4.68 Å². The van der Waals surface area contributed by atoms with Gasteiger partial charge in [0, 0.05) is 6.07 Å². The first kappa shape index (κ1) is 13.5. The number of aromatic nitrogens is 2. The molecule has 0 aliphatic rings. The second kappa shape index (κ2) is 4.95. The molecule has 6 heteroatoms. The molecule has 0 atom stereocenters. The predicted molar refractivity (Wildman–Crippen MR) is 67.0 cm³/mol. The van der Waals surface area contributed by atoms with Crippen molar-refractivity contribution in [3.8, 4) is 5.69 Å². The van der Waals surface area contributed by atoms with Gasteiger partial charge in [0.15, 0.2) is 0 Å². The van der Waals surface area contributed by atoms with Gasteiger partial charge in [0.05, 0.1) is 16.9 Å². The number of hydrogen-bond acceptors (Lipinski definition) is 2. The van der Waals surface area contributed by atoms with E-state index in [4.69, 9.17) is 5.73 Å². The van der Waals surface area contributed by atoms with Crippen LogP contribution in [0, 0.1) is 0 Å². The van der Waals surface area contributed by atoms with Crippen molar-refractivity contribution in [3.05, 3.63) is 41.6 Å². The van der Waals surface area contributed by atoms with Crippen LogP contribution in [0.15, 0.2) is 30.3 Å². The fourth-order valence-corrected chi connectivity index (χ4v) is 1.82. The number of halogens is 3. The van der Waals surface area contributed by atoms with E-state index in [1.165, 1.54) is 16.8 Å². The van der Waals surface area contributed by atoms with E-state index in [9.17, 15) is 13.2 Å². The average Bonchev–Trinajstić information content (AvgIpc) is 2.70. The number of rotatable bonds is 3. The van der Waals surface area contributed by atoms with Crippen LogP contribution < -0.4 is 5.73 Å². The third kappa shape index (κ3) is 2.89. The van der Waals surface area contributed by atoms with Crippen LogP contribution in [0.1, 0.15) is 24.6 Å². The van der Waals surface area contributed by atoms with Crippen LogP contribution in [-0.2, 0) is 12.6 Å². The summed E-state index contributed by atoms with van der Waals surface area (Å²) in [5.41, 5.74) is 6.48. The number of anilines is 1. The molecule has 2 rings (SSSR count). The van der Waals surface area contributed by atoms with Crippen molar-refractivity contribution < 1.29 is 13.2 Å². The molecule has 0 saturated carbocycles. The van der Waals surface area contributed by atoms with E-state index in [2.05, 4.69) is 5.10 Å². The van der Waals surface area contributed by atoms with Crippen molar-refractivity contribution in [3.63, 3.8) is 0 Å². The van der Waals surface area contributed by atoms with E-state index in [1.807, 2.05) is 6.92 Å². The van der Waals surface area contributed by atoms with Crippen LogP contribution in [0.5, 0.6) is 0 Å². The fourth-order valence-electron chi connectivity index (χ4n) is 1.82. The van der Waals surface area contributed by atoms with E-state index >= 15 is 0 Å². The quantitative estimate of drug-likeness (QED) is 0.927. The van der Waals surface area contributed by atoms with Gasteiger partial charge in [-0.15, -0.1) is 0 Å². The topological polar surface area (TPSA) is 43.8 Å². The molecule has 0 radical (unpaired) electrons. The molecule has 3 nitrogen and oxygen atoms in total. The van der Waals surface area contributed by atoms with E-state index in [0.29, 0.717) is 11.5 Å². The first-order valence-corrected chi connectivity index (χ1v) is 5.94. The van der Waals surface area contributed by atoms with Gasteiger partial charge in [-0.05, 0) is 30.7 Å². The van der Waals surface area contributed by atoms with Gasteiger partial charge in [0.2, 0.25) is 0 Å². The number of aryl methyl sites for hydroxylation is 1. The lowest BCUT2D eigenvalue weighted by atomic mass is 10.2. The molecule has 19 heavy (non-hydrogen) atoms. The average molecular weight is 269 g/mol. The van der Waals surface area contributed by atoms with Crippen LogP contribution in [0.3, 0.4) is 0 Å². The summed E-state index contributed by atoms with van der Waals surface area (Å²) in [7, 11) is 0. The zero-order chi connectivity index (χ0) is 14.0. The van der Waals surface area contributed by atoms with E-state index in [-0.39, 0.29) is 0 Å². The minimum Gasteiger partial charge on any atom is -0.384 e. The van der Waals surface area contributed by atoms with Gasteiger partial charge in [-0.3, -0.25) is 0 Å². The lowest BCUT2D eigenvalue weighted by Gasteiger charge is -2.08. The molecular weight excluding hydrogens is 255 g/mol. The number of nitrogens with zero attached hydrogens (tertiary/aromatic N) is 2. The minimum atomic E-state index is -4.33. The Morgan fingerprint density at radius 3 is 2.37 bits per heavy atom. The van der Waals surface area contributed by atoms with Crippen LogP contribution in [-0.4, -0.2) is 9.78 Å². The Morgan fingerprint density at radius 2 is 1.84 bits per heavy atom. The molecule has 1 aromatic heterocycles. The Balaban J connectivity index is 2.32. The van der Waals surface area contributed by atoms with Crippen LogP contribution in [0.4, 0.5) is 19.0 Å². The SMILES string of the molecule is CCCc1cc(N)n(-c2ccc(C(F)(F)F)cc2)n1. The molecule has 1 aromatic carbocycles. The standard InChI is InChI=1S/C13H14F3N3/c1-2-3-10-8-12(17)19(18-10)11-6-4-9(5-7-11)13(14,15)16/h4-8H,2-3,17H2,1H3. The maximum Gasteiger partial charge on any atom is 0.416 e.